The van der Waals surface area contributed by atoms with Gasteiger partial charge in [0.2, 0.25) is 5.91 Å². The Hall–Kier alpha value is -3.42. The van der Waals surface area contributed by atoms with Crippen LogP contribution in [0.5, 0.6) is 5.75 Å². The zero-order chi connectivity index (χ0) is 21.2. The molecule has 3 rings (SSSR count). The number of carbonyl (C=O) groups excluding carboxylic acids is 2. The first-order chi connectivity index (χ1) is 13.7. The molecular formula is C21H21F2N3O3. The van der Waals surface area contributed by atoms with Crippen molar-refractivity contribution in [1.82, 2.24) is 0 Å². The third-order valence-electron chi connectivity index (χ3n) is 4.43. The Morgan fingerprint density at radius 2 is 1.93 bits per heavy atom. The number of hydrogen-bond acceptors (Lipinski definition) is 3. The van der Waals surface area contributed by atoms with E-state index >= 15 is 0 Å². The van der Waals surface area contributed by atoms with E-state index in [0.29, 0.717) is 23.7 Å². The van der Waals surface area contributed by atoms with Gasteiger partial charge in [0.05, 0.1) is 11.1 Å². The Labute approximate surface area is 167 Å². The largest absolute Gasteiger partial charge is 0.490 e. The molecule has 3 amide bonds. The van der Waals surface area contributed by atoms with Gasteiger partial charge in [0, 0.05) is 18.3 Å². The highest BCUT2D eigenvalue weighted by Gasteiger charge is 2.37. The van der Waals surface area contributed by atoms with Gasteiger partial charge in [0.25, 0.3) is 0 Å². The van der Waals surface area contributed by atoms with E-state index in [1.54, 1.807) is 43.0 Å². The summed E-state index contributed by atoms with van der Waals surface area (Å²) in [5.41, 5.74) is -0.397. The standard InChI is InChI=1S/C21H21F2N3O3/c1-4-10-26-16-9-8-13(11-17(16)29-12-21(2,3)19(26)27)24-20(28)25-18-14(22)6-5-7-15(18)23/h4-9,11H,1,10,12H2,2-3H3,(H2,24,25,28). The van der Waals surface area contributed by atoms with E-state index in [9.17, 15) is 18.4 Å². The molecule has 2 aromatic carbocycles. The Balaban J connectivity index is 1.83. The summed E-state index contributed by atoms with van der Waals surface area (Å²) in [6, 6.07) is 7.23. The van der Waals surface area contributed by atoms with E-state index in [0.717, 1.165) is 12.1 Å². The molecule has 0 atom stereocenters. The van der Waals surface area contributed by atoms with Gasteiger partial charge in [0.1, 0.15) is 29.7 Å². The second-order valence-electron chi connectivity index (χ2n) is 7.24. The van der Waals surface area contributed by atoms with Gasteiger partial charge in [0.15, 0.2) is 0 Å². The number of carbonyl (C=O) groups is 2. The zero-order valence-corrected chi connectivity index (χ0v) is 16.1. The van der Waals surface area contributed by atoms with Gasteiger partial charge in [-0.05, 0) is 38.1 Å². The summed E-state index contributed by atoms with van der Waals surface area (Å²) >= 11 is 0. The van der Waals surface area contributed by atoms with Crippen molar-refractivity contribution in [3.8, 4) is 5.75 Å². The first kappa shape index (κ1) is 20.3. The smallest absolute Gasteiger partial charge is 0.323 e. The Bertz CT molecular complexity index is 955. The summed E-state index contributed by atoms with van der Waals surface area (Å²) in [5, 5.41) is 4.66. The number of amides is 3. The molecule has 2 N–H and O–H groups in total. The molecule has 8 heteroatoms. The molecule has 6 nitrogen and oxygen atoms in total. The van der Waals surface area contributed by atoms with Crippen molar-refractivity contribution >= 4 is 29.0 Å². The van der Waals surface area contributed by atoms with Crippen LogP contribution in [0.4, 0.5) is 30.6 Å². The van der Waals surface area contributed by atoms with Crippen LogP contribution in [-0.2, 0) is 4.79 Å². The van der Waals surface area contributed by atoms with Gasteiger partial charge in [-0.2, -0.15) is 0 Å². The van der Waals surface area contributed by atoms with Crippen LogP contribution in [0.3, 0.4) is 0 Å². The third kappa shape index (κ3) is 4.21. The summed E-state index contributed by atoms with van der Waals surface area (Å²) in [4.78, 5) is 26.5. The summed E-state index contributed by atoms with van der Waals surface area (Å²) in [6.07, 6.45) is 1.62. The van der Waals surface area contributed by atoms with Gasteiger partial charge in [-0.25, -0.2) is 13.6 Å². The lowest BCUT2D eigenvalue weighted by Gasteiger charge is -2.27. The number of nitrogens with one attached hydrogen (secondary N) is 2. The van der Waals surface area contributed by atoms with E-state index in [2.05, 4.69) is 17.2 Å². The van der Waals surface area contributed by atoms with Gasteiger partial charge in [-0.1, -0.05) is 12.1 Å². The SMILES string of the molecule is C=CCN1C(=O)C(C)(C)COc2cc(NC(=O)Nc3c(F)cccc3F)ccc21. The molecule has 1 aliphatic heterocycles. The van der Waals surface area contributed by atoms with Crippen molar-refractivity contribution in [2.45, 2.75) is 13.8 Å². The van der Waals surface area contributed by atoms with E-state index in [1.807, 2.05) is 0 Å². The highest BCUT2D eigenvalue weighted by atomic mass is 19.1. The van der Waals surface area contributed by atoms with Crippen LogP contribution in [0.15, 0.2) is 49.1 Å². The number of benzene rings is 2. The van der Waals surface area contributed by atoms with Crippen LogP contribution in [-0.4, -0.2) is 25.1 Å². The number of halogens is 2. The van der Waals surface area contributed by atoms with Crippen LogP contribution >= 0.6 is 0 Å². The maximum atomic E-state index is 13.7. The van der Waals surface area contributed by atoms with Gasteiger partial charge in [-0.15, -0.1) is 6.58 Å². The number of para-hydroxylation sites is 1. The van der Waals surface area contributed by atoms with E-state index in [1.165, 1.54) is 6.07 Å². The lowest BCUT2D eigenvalue weighted by Crippen LogP contribution is -2.42. The number of anilines is 3. The quantitative estimate of drug-likeness (QED) is 0.739. The minimum absolute atomic E-state index is 0.107. The van der Waals surface area contributed by atoms with E-state index in [4.69, 9.17) is 4.74 Å². The normalized spacial score (nSPS) is 15.0. The fraction of sp³-hybridized carbons (Fsp3) is 0.238. The molecule has 0 aliphatic carbocycles. The van der Waals surface area contributed by atoms with Crippen LogP contribution in [0.1, 0.15) is 13.8 Å². The summed E-state index contributed by atoms with van der Waals surface area (Å²) in [6.45, 7) is 7.72. The summed E-state index contributed by atoms with van der Waals surface area (Å²) in [5.74, 6) is -1.47. The predicted molar refractivity (Wildman–Crippen MR) is 107 cm³/mol. The second-order valence-corrected chi connectivity index (χ2v) is 7.24. The molecular weight excluding hydrogens is 380 g/mol. The fourth-order valence-corrected chi connectivity index (χ4v) is 2.93. The molecule has 2 aromatic rings. The molecule has 0 saturated heterocycles. The molecule has 29 heavy (non-hydrogen) atoms. The number of urea groups is 1. The molecule has 0 saturated carbocycles. The topological polar surface area (TPSA) is 70.7 Å². The van der Waals surface area contributed by atoms with Crippen molar-refractivity contribution in [3.05, 3.63) is 60.7 Å². The van der Waals surface area contributed by atoms with Gasteiger partial charge >= 0.3 is 6.03 Å². The highest BCUT2D eigenvalue weighted by Crippen LogP contribution is 2.38. The van der Waals surface area contributed by atoms with E-state index < -0.39 is 28.8 Å². The minimum Gasteiger partial charge on any atom is -0.490 e. The first-order valence-corrected chi connectivity index (χ1v) is 8.94. The average molecular weight is 401 g/mol. The minimum atomic E-state index is -0.883. The summed E-state index contributed by atoms with van der Waals surface area (Å²) in [7, 11) is 0. The Morgan fingerprint density at radius 1 is 1.24 bits per heavy atom. The van der Waals surface area contributed by atoms with Crippen molar-refractivity contribution in [2.24, 2.45) is 5.41 Å². The van der Waals surface area contributed by atoms with Crippen LogP contribution in [0.2, 0.25) is 0 Å². The van der Waals surface area contributed by atoms with E-state index in [-0.39, 0.29) is 12.5 Å². The molecule has 1 aliphatic rings. The van der Waals surface area contributed by atoms with Crippen molar-refractivity contribution < 1.29 is 23.1 Å². The van der Waals surface area contributed by atoms with Crippen LogP contribution in [0, 0.1) is 17.0 Å². The van der Waals surface area contributed by atoms with Crippen molar-refractivity contribution in [3.63, 3.8) is 0 Å². The zero-order valence-electron chi connectivity index (χ0n) is 16.1. The van der Waals surface area contributed by atoms with Gasteiger partial charge in [-0.3, -0.25) is 4.79 Å². The van der Waals surface area contributed by atoms with Gasteiger partial charge < -0.3 is 20.3 Å². The maximum Gasteiger partial charge on any atom is 0.323 e. The summed E-state index contributed by atoms with van der Waals surface area (Å²) < 4.78 is 33.2. The monoisotopic (exact) mass is 401 g/mol. The molecule has 0 aromatic heterocycles. The lowest BCUT2D eigenvalue weighted by atomic mass is 9.93. The molecule has 0 radical (unpaired) electrons. The molecule has 0 fully saturated rings. The highest BCUT2D eigenvalue weighted by molar-refractivity contribution is 6.02. The second kappa shape index (κ2) is 7.90. The molecule has 1 heterocycles. The lowest BCUT2D eigenvalue weighted by molar-refractivity contribution is -0.127. The maximum absolute atomic E-state index is 13.7. The Kier molecular flexibility index (Phi) is 5.54. The number of nitrogens with zero attached hydrogens (tertiary/aromatic N) is 1. The predicted octanol–water partition coefficient (Wildman–Crippen LogP) is 4.55. The number of hydrogen-bond donors (Lipinski definition) is 2. The fourth-order valence-electron chi connectivity index (χ4n) is 2.93. The van der Waals surface area contributed by atoms with Crippen LogP contribution < -0.4 is 20.3 Å². The third-order valence-corrected chi connectivity index (χ3v) is 4.43. The van der Waals surface area contributed by atoms with Crippen LogP contribution in [0.25, 0.3) is 0 Å². The average Bonchev–Trinajstić information content (AvgIpc) is 2.75. The van der Waals surface area contributed by atoms with Crippen molar-refractivity contribution in [2.75, 3.05) is 28.7 Å². The molecule has 0 unspecified atom stereocenters. The molecule has 0 bridgehead atoms. The first-order valence-electron chi connectivity index (χ1n) is 8.94. The molecule has 0 spiro atoms. The number of fused-ring (bicyclic) bond motifs is 1. The molecule has 152 valence electrons. The Morgan fingerprint density at radius 3 is 2.59 bits per heavy atom. The number of ether oxygens (including phenoxy) is 1. The van der Waals surface area contributed by atoms with Crippen molar-refractivity contribution in [1.29, 1.82) is 0 Å². The number of rotatable bonds is 4.